The number of rotatable bonds is 5. The number of aromatic nitrogens is 1. The summed E-state index contributed by atoms with van der Waals surface area (Å²) in [6, 6.07) is 15.0. The zero-order valence-corrected chi connectivity index (χ0v) is 17.4. The van der Waals surface area contributed by atoms with Crippen LogP contribution in [0.4, 0.5) is 10.5 Å². The maximum Gasteiger partial charge on any atom is 0.322 e. The maximum absolute atomic E-state index is 13.0. The van der Waals surface area contributed by atoms with Gasteiger partial charge in [0.15, 0.2) is 0 Å². The van der Waals surface area contributed by atoms with Crippen molar-refractivity contribution in [3.05, 3.63) is 75.6 Å². The molecule has 2 heterocycles. The fraction of sp³-hybridized carbons (Fsp3) is 0.333. The number of para-hydroxylation sites is 1. The van der Waals surface area contributed by atoms with Crippen molar-refractivity contribution in [3.8, 4) is 0 Å². The van der Waals surface area contributed by atoms with Crippen LogP contribution < -0.4 is 10.9 Å². The van der Waals surface area contributed by atoms with E-state index in [1.165, 1.54) is 0 Å². The lowest BCUT2D eigenvalue weighted by atomic mass is 10.0. The Hall–Kier alpha value is -3.12. The van der Waals surface area contributed by atoms with Crippen LogP contribution in [0.25, 0.3) is 10.9 Å². The topological polar surface area (TPSA) is 74.4 Å². The predicted molar refractivity (Wildman–Crippen MR) is 119 cm³/mol. The number of carbonyl (C=O) groups excluding carboxylic acids is 1. The van der Waals surface area contributed by atoms with Crippen molar-refractivity contribution in [2.24, 2.45) is 0 Å². The minimum Gasteiger partial charge on any atom is -0.376 e. The summed E-state index contributed by atoms with van der Waals surface area (Å²) < 4.78 is 5.74. The molecule has 1 fully saturated rings. The molecule has 0 radical (unpaired) electrons. The van der Waals surface area contributed by atoms with Crippen molar-refractivity contribution in [3.63, 3.8) is 0 Å². The number of hydrogen-bond acceptors (Lipinski definition) is 3. The molecule has 0 saturated carbocycles. The highest BCUT2D eigenvalue weighted by Gasteiger charge is 2.24. The van der Waals surface area contributed by atoms with Crippen LogP contribution in [0.3, 0.4) is 0 Å². The second kappa shape index (κ2) is 8.71. The van der Waals surface area contributed by atoms with E-state index in [9.17, 15) is 9.59 Å². The molecule has 0 aliphatic carbocycles. The lowest BCUT2D eigenvalue weighted by Gasteiger charge is -2.26. The molecule has 3 aromatic rings. The minimum atomic E-state index is -0.240. The number of aryl methyl sites for hydroxylation is 2. The molecule has 1 aromatic heterocycles. The molecule has 6 heteroatoms. The summed E-state index contributed by atoms with van der Waals surface area (Å²) in [5.74, 6) is 0. The molecule has 1 saturated heterocycles. The highest BCUT2D eigenvalue weighted by Crippen LogP contribution is 2.20. The zero-order chi connectivity index (χ0) is 21.1. The van der Waals surface area contributed by atoms with E-state index in [0.29, 0.717) is 18.7 Å². The average Bonchev–Trinajstić information content (AvgIpc) is 3.25. The van der Waals surface area contributed by atoms with Gasteiger partial charge in [-0.3, -0.25) is 4.79 Å². The number of benzene rings is 2. The molecule has 6 nitrogen and oxygen atoms in total. The standard InChI is InChI=1S/C24H27N3O3/c1-16-10-11-18-13-19(23(28)26-22(18)17(16)2)14-27(15-21-9-6-12-30-21)24(29)25-20-7-4-3-5-8-20/h3-5,7-8,10-11,13,21H,6,9,12,14-15H2,1-2H3,(H,25,29)(H,26,28)/t21-/m1/s1. The van der Waals surface area contributed by atoms with Gasteiger partial charge in [0.2, 0.25) is 0 Å². The van der Waals surface area contributed by atoms with Crippen LogP contribution in [-0.2, 0) is 11.3 Å². The summed E-state index contributed by atoms with van der Waals surface area (Å²) in [4.78, 5) is 30.5. The van der Waals surface area contributed by atoms with Crippen molar-refractivity contribution in [2.45, 2.75) is 39.3 Å². The van der Waals surface area contributed by atoms with Gasteiger partial charge < -0.3 is 19.9 Å². The average molecular weight is 405 g/mol. The SMILES string of the molecule is Cc1ccc2cc(CN(C[C@H]3CCCO3)C(=O)Nc3ccccc3)c(=O)[nH]c2c1C. The van der Waals surface area contributed by atoms with Crippen LogP contribution in [-0.4, -0.2) is 35.2 Å². The number of anilines is 1. The van der Waals surface area contributed by atoms with Crippen LogP contribution >= 0.6 is 0 Å². The number of carbonyl (C=O) groups is 1. The fourth-order valence-electron chi connectivity index (χ4n) is 3.87. The van der Waals surface area contributed by atoms with Crippen LogP contribution in [0.15, 0.2) is 53.3 Å². The van der Waals surface area contributed by atoms with Gasteiger partial charge in [-0.25, -0.2) is 4.79 Å². The fourth-order valence-corrected chi connectivity index (χ4v) is 3.87. The molecule has 30 heavy (non-hydrogen) atoms. The van der Waals surface area contributed by atoms with Crippen LogP contribution in [0, 0.1) is 13.8 Å². The molecule has 156 valence electrons. The van der Waals surface area contributed by atoms with E-state index in [4.69, 9.17) is 4.74 Å². The molecular formula is C24H27N3O3. The van der Waals surface area contributed by atoms with E-state index in [2.05, 4.69) is 10.3 Å². The van der Waals surface area contributed by atoms with Gasteiger partial charge in [0, 0.05) is 24.4 Å². The van der Waals surface area contributed by atoms with Crippen molar-refractivity contribution in [2.75, 3.05) is 18.5 Å². The molecule has 0 unspecified atom stereocenters. The maximum atomic E-state index is 13.0. The third-order valence-corrected chi connectivity index (χ3v) is 5.75. The van der Waals surface area contributed by atoms with E-state index in [0.717, 1.165) is 40.6 Å². The summed E-state index contributed by atoms with van der Waals surface area (Å²) >= 11 is 0. The molecule has 2 amide bonds. The number of fused-ring (bicyclic) bond motifs is 1. The first-order valence-corrected chi connectivity index (χ1v) is 10.4. The normalized spacial score (nSPS) is 16.0. The zero-order valence-electron chi connectivity index (χ0n) is 17.4. The molecular weight excluding hydrogens is 378 g/mol. The van der Waals surface area contributed by atoms with Crippen LogP contribution in [0.2, 0.25) is 0 Å². The largest absolute Gasteiger partial charge is 0.376 e. The number of H-pyrrole nitrogens is 1. The third kappa shape index (κ3) is 4.39. The number of nitrogens with zero attached hydrogens (tertiary/aromatic N) is 1. The van der Waals surface area contributed by atoms with Gasteiger partial charge in [-0.15, -0.1) is 0 Å². The van der Waals surface area contributed by atoms with Crippen molar-refractivity contribution < 1.29 is 9.53 Å². The Kier molecular flexibility index (Phi) is 5.86. The molecule has 2 aromatic carbocycles. The molecule has 0 bridgehead atoms. The molecule has 1 aliphatic heterocycles. The number of amides is 2. The van der Waals surface area contributed by atoms with Gasteiger partial charge in [0.05, 0.1) is 18.2 Å². The number of nitrogens with one attached hydrogen (secondary N) is 2. The summed E-state index contributed by atoms with van der Waals surface area (Å²) in [6.45, 7) is 5.41. The molecule has 4 rings (SSSR count). The number of hydrogen-bond donors (Lipinski definition) is 2. The highest BCUT2D eigenvalue weighted by molar-refractivity contribution is 5.89. The molecule has 0 spiro atoms. The Balaban J connectivity index is 1.62. The first-order valence-electron chi connectivity index (χ1n) is 10.4. The Labute approximate surface area is 175 Å². The molecule has 1 aliphatic rings. The van der Waals surface area contributed by atoms with Crippen LogP contribution in [0.1, 0.15) is 29.5 Å². The summed E-state index contributed by atoms with van der Waals surface area (Å²) in [5.41, 5.74) is 4.16. The van der Waals surface area contributed by atoms with Gasteiger partial charge in [0.25, 0.3) is 5.56 Å². The Morgan fingerprint density at radius 2 is 2.00 bits per heavy atom. The van der Waals surface area contributed by atoms with E-state index in [-0.39, 0.29) is 24.2 Å². The van der Waals surface area contributed by atoms with Crippen molar-refractivity contribution >= 4 is 22.6 Å². The van der Waals surface area contributed by atoms with Crippen molar-refractivity contribution in [1.29, 1.82) is 0 Å². The van der Waals surface area contributed by atoms with E-state index >= 15 is 0 Å². The van der Waals surface area contributed by atoms with Crippen molar-refractivity contribution in [1.82, 2.24) is 9.88 Å². The predicted octanol–water partition coefficient (Wildman–Crippen LogP) is 4.36. The molecule has 2 N–H and O–H groups in total. The summed E-state index contributed by atoms with van der Waals surface area (Å²) in [6.07, 6.45) is 1.91. The summed E-state index contributed by atoms with van der Waals surface area (Å²) in [7, 11) is 0. The van der Waals surface area contributed by atoms with Gasteiger partial charge in [0.1, 0.15) is 0 Å². The Bertz CT molecular complexity index is 1100. The first kappa shape index (κ1) is 20.2. The lowest BCUT2D eigenvalue weighted by molar-refractivity contribution is 0.0818. The smallest absolute Gasteiger partial charge is 0.322 e. The number of ether oxygens (including phenoxy) is 1. The quantitative estimate of drug-likeness (QED) is 0.662. The van der Waals surface area contributed by atoms with E-state index in [1.807, 2.05) is 62.4 Å². The number of pyridine rings is 1. The van der Waals surface area contributed by atoms with Gasteiger partial charge in [-0.2, -0.15) is 0 Å². The highest BCUT2D eigenvalue weighted by atomic mass is 16.5. The first-order chi connectivity index (χ1) is 14.5. The Morgan fingerprint density at radius 3 is 2.73 bits per heavy atom. The second-order valence-electron chi connectivity index (χ2n) is 7.91. The van der Waals surface area contributed by atoms with Gasteiger partial charge in [-0.1, -0.05) is 30.3 Å². The Morgan fingerprint density at radius 1 is 1.20 bits per heavy atom. The number of aromatic amines is 1. The van der Waals surface area contributed by atoms with Gasteiger partial charge in [-0.05, 0) is 61.4 Å². The number of urea groups is 1. The third-order valence-electron chi connectivity index (χ3n) is 5.75. The van der Waals surface area contributed by atoms with Gasteiger partial charge >= 0.3 is 6.03 Å². The monoisotopic (exact) mass is 405 g/mol. The lowest BCUT2D eigenvalue weighted by Crippen LogP contribution is -2.40. The van der Waals surface area contributed by atoms with Crippen LogP contribution in [0.5, 0.6) is 0 Å². The second-order valence-corrected chi connectivity index (χ2v) is 7.91. The van der Waals surface area contributed by atoms with E-state index in [1.54, 1.807) is 4.90 Å². The molecule has 1 atom stereocenters. The van der Waals surface area contributed by atoms with E-state index < -0.39 is 0 Å². The minimum absolute atomic E-state index is 0.00374. The summed E-state index contributed by atoms with van der Waals surface area (Å²) in [5, 5.41) is 3.89.